The van der Waals surface area contributed by atoms with Crippen LogP contribution in [0.5, 0.6) is 11.5 Å². The summed E-state index contributed by atoms with van der Waals surface area (Å²) in [6.07, 6.45) is 1.14. The van der Waals surface area contributed by atoms with Crippen molar-refractivity contribution in [2.75, 3.05) is 20.3 Å². The van der Waals surface area contributed by atoms with E-state index in [-0.39, 0.29) is 0 Å². The third-order valence-electron chi connectivity index (χ3n) is 2.82. The van der Waals surface area contributed by atoms with Crippen LogP contribution in [0.4, 0.5) is 0 Å². The molecule has 0 fully saturated rings. The maximum atomic E-state index is 11.3. The third kappa shape index (κ3) is 3.30. The van der Waals surface area contributed by atoms with Crippen LogP contribution in [-0.4, -0.2) is 32.3 Å². The van der Waals surface area contributed by atoms with E-state index >= 15 is 0 Å². The minimum absolute atomic E-state index is 0.336. The monoisotopic (exact) mass is 285 g/mol. The molecule has 0 saturated carbocycles. The Balaban J connectivity index is 2.21. The Morgan fingerprint density at radius 3 is 2.95 bits per heavy atom. The molecule has 0 aromatic heterocycles. The maximum absolute atomic E-state index is 11.3. The number of rotatable bonds is 3. The third-order valence-corrected chi connectivity index (χ3v) is 3.10. The fourth-order valence-electron chi connectivity index (χ4n) is 1.89. The van der Waals surface area contributed by atoms with Crippen LogP contribution in [0, 0.1) is 0 Å². The van der Waals surface area contributed by atoms with Crippen LogP contribution in [0.15, 0.2) is 12.1 Å². The number of methoxy groups -OCH3 is 1. The summed E-state index contributed by atoms with van der Waals surface area (Å²) in [5.74, 6) is 0.690. The lowest BCUT2D eigenvalue weighted by Gasteiger charge is -2.13. The Morgan fingerprint density at radius 1 is 1.47 bits per heavy atom. The molecule has 5 nitrogen and oxygen atoms in total. The zero-order valence-electron chi connectivity index (χ0n) is 10.6. The molecule has 1 heterocycles. The van der Waals surface area contributed by atoms with Crippen molar-refractivity contribution >= 4 is 17.6 Å². The quantitative estimate of drug-likeness (QED) is 0.853. The molecule has 0 amide bonds. The van der Waals surface area contributed by atoms with E-state index in [9.17, 15) is 4.79 Å². The topological polar surface area (TPSA) is 70.8 Å². The highest BCUT2D eigenvalue weighted by atomic mass is 35.5. The predicted octanol–water partition coefficient (Wildman–Crippen LogP) is 1.54. The van der Waals surface area contributed by atoms with Crippen molar-refractivity contribution in [1.82, 2.24) is 0 Å². The smallest absolute Gasteiger partial charge is 0.322 e. The van der Waals surface area contributed by atoms with Crippen molar-refractivity contribution in [2.45, 2.75) is 18.9 Å². The molecule has 0 saturated heterocycles. The van der Waals surface area contributed by atoms with E-state index in [0.717, 1.165) is 12.0 Å². The molecule has 0 spiro atoms. The van der Waals surface area contributed by atoms with E-state index in [1.165, 1.54) is 7.11 Å². The summed E-state index contributed by atoms with van der Waals surface area (Å²) in [7, 11) is 1.31. The van der Waals surface area contributed by atoms with Gasteiger partial charge in [0.05, 0.1) is 25.3 Å². The second-order valence-electron chi connectivity index (χ2n) is 4.29. The molecule has 1 unspecified atom stereocenters. The number of carbonyl (C=O) groups excluding carboxylic acids is 1. The SMILES string of the molecule is COC(=O)C(N)Cc1cc(Cl)c2c(c1)OCCCO2. The summed E-state index contributed by atoms with van der Waals surface area (Å²) >= 11 is 6.15. The first-order valence-electron chi connectivity index (χ1n) is 6.03. The highest BCUT2D eigenvalue weighted by Crippen LogP contribution is 2.38. The molecule has 2 N–H and O–H groups in total. The molecule has 0 aliphatic carbocycles. The number of hydrogen-bond acceptors (Lipinski definition) is 5. The summed E-state index contributed by atoms with van der Waals surface area (Å²) in [6, 6.07) is 2.82. The minimum Gasteiger partial charge on any atom is -0.489 e. The van der Waals surface area contributed by atoms with Crippen molar-refractivity contribution in [2.24, 2.45) is 5.73 Å². The zero-order chi connectivity index (χ0) is 13.8. The fraction of sp³-hybridized carbons (Fsp3) is 0.462. The van der Waals surface area contributed by atoms with E-state index < -0.39 is 12.0 Å². The van der Waals surface area contributed by atoms with Crippen molar-refractivity contribution < 1.29 is 19.0 Å². The molecule has 6 heteroatoms. The first-order chi connectivity index (χ1) is 9.11. The number of esters is 1. The van der Waals surface area contributed by atoms with E-state index in [1.54, 1.807) is 12.1 Å². The maximum Gasteiger partial charge on any atom is 0.322 e. The van der Waals surface area contributed by atoms with Gasteiger partial charge in [-0.15, -0.1) is 0 Å². The van der Waals surface area contributed by atoms with E-state index in [0.29, 0.717) is 36.2 Å². The van der Waals surface area contributed by atoms with Crippen LogP contribution in [0.1, 0.15) is 12.0 Å². The fourth-order valence-corrected chi connectivity index (χ4v) is 2.18. The summed E-state index contributed by atoms with van der Waals surface area (Å²) in [6.45, 7) is 1.16. The molecule has 19 heavy (non-hydrogen) atoms. The minimum atomic E-state index is -0.717. The second-order valence-corrected chi connectivity index (χ2v) is 4.70. The number of fused-ring (bicyclic) bond motifs is 1. The van der Waals surface area contributed by atoms with Crippen molar-refractivity contribution in [3.63, 3.8) is 0 Å². The van der Waals surface area contributed by atoms with Crippen LogP contribution in [-0.2, 0) is 16.0 Å². The molecule has 1 aromatic carbocycles. The lowest BCUT2D eigenvalue weighted by Crippen LogP contribution is -2.33. The largest absolute Gasteiger partial charge is 0.489 e. The number of nitrogens with two attached hydrogens (primary N) is 1. The average molecular weight is 286 g/mol. The number of ether oxygens (including phenoxy) is 3. The number of halogens is 1. The first kappa shape index (κ1) is 14.0. The van der Waals surface area contributed by atoms with Gasteiger partial charge >= 0.3 is 5.97 Å². The Labute approximate surface area is 116 Å². The van der Waals surface area contributed by atoms with Crippen LogP contribution in [0.3, 0.4) is 0 Å². The van der Waals surface area contributed by atoms with Gasteiger partial charge in [0.25, 0.3) is 0 Å². The number of benzene rings is 1. The van der Waals surface area contributed by atoms with Gasteiger partial charge in [-0.25, -0.2) is 0 Å². The van der Waals surface area contributed by atoms with E-state index in [4.69, 9.17) is 26.8 Å². The average Bonchev–Trinajstić information content (AvgIpc) is 2.63. The van der Waals surface area contributed by atoms with Gasteiger partial charge in [-0.05, 0) is 24.1 Å². The first-order valence-corrected chi connectivity index (χ1v) is 6.41. The predicted molar refractivity (Wildman–Crippen MR) is 70.8 cm³/mol. The number of hydrogen-bond donors (Lipinski definition) is 1. The highest BCUT2D eigenvalue weighted by molar-refractivity contribution is 6.32. The second kappa shape index (κ2) is 6.12. The lowest BCUT2D eigenvalue weighted by atomic mass is 10.1. The van der Waals surface area contributed by atoms with E-state index in [1.807, 2.05) is 0 Å². The molecule has 1 atom stereocenters. The zero-order valence-corrected chi connectivity index (χ0v) is 11.4. The van der Waals surface area contributed by atoms with Gasteiger partial charge in [0, 0.05) is 6.42 Å². The van der Waals surface area contributed by atoms with Crippen molar-refractivity contribution in [3.8, 4) is 11.5 Å². The van der Waals surface area contributed by atoms with Gasteiger partial charge in [0.1, 0.15) is 6.04 Å². The van der Waals surface area contributed by atoms with Crippen molar-refractivity contribution in [1.29, 1.82) is 0 Å². The molecular formula is C13H16ClNO4. The van der Waals surface area contributed by atoms with E-state index in [2.05, 4.69) is 4.74 Å². The molecule has 1 aromatic rings. The van der Waals surface area contributed by atoms with Crippen molar-refractivity contribution in [3.05, 3.63) is 22.7 Å². The molecule has 0 radical (unpaired) electrons. The number of carbonyl (C=O) groups is 1. The van der Waals surface area contributed by atoms with Crippen LogP contribution < -0.4 is 15.2 Å². The van der Waals surface area contributed by atoms with Gasteiger partial charge < -0.3 is 19.9 Å². The molecule has 1 aliphatic rings. The molecule has 2 rings (SSSR count). The Hall–Kier alpha value is -1.46. The highest BCUT2D eigenvalue weighted by Gasteiger charge is 2.19. The summed E-state index contributed by atoms with van der Waals surface area (Å²) in [5, 5.41) is 0.464. The standard InChI is InChI=1S/C13H16ClNO4/c1-17-13(16)10(15)6-8-5-9(14)12-11(7-8)18-3-2-4-19-12/h5,7,10H,2-4,6,15H2,1H3. The summed E-state index contributed by atoms with van der Waals surface area (Å²) in [5.41, 5.74) is 6.54. The lowest BCUT2D eigenvalue weighted by molar-refractivity contribution is -0.142. The van der Waals surface area contributed by atoms with Crippen LogP contribution in [0.25, 0.3) is 0 Å². The Kier molecular flexibility index (Phi) is 4.50. The van der Waals surface area contributed by atoms with Gasteiger partial charge in [-0.3, -0.25) is 4.79 Å². The summed E-state index contributed by atoms with van der Waals surface area (Å²) < 4.78 is 15.7. The van der Waals surface area contributed by atoms with Crippen LogP contribution >= 0.6 is 11.6 Å². The molecule has 1 aliphatic heterocycles. The van der Waals surface area contributed by atoms with Crippen LogP contribution in [0.2, 0.25) is 5.02 Å². The molecule has 0 bridgehead atoms. The van der Waals surface area contributed by atoms with Gasteiger partial charge in [0.2, 0.25) is 0 Å². The normalized spacial score (nSPS) is 15.5. The molecule has 104 valence electrons. The van der Waals surface area contributed by atoms with Gasteiger partial charge in [-0.2, -0.15) is 0 Å². The molecular weight excluding hydrogens is 270 g/mol. The van der Waals surface area contributed by atoms with Gasteiger partial charge in [0.15, 0.2) is 11.5 Å². The Bertz CT molecular complexity index is 478. The Morgan fingerprint density at radius 2 is 2.21 bits per heavy atom. The summed E-state index contributed by atoms with van der Waals surface area (Å²) in [4.78, 5) is 11.3. The van der Waals surface area contributed by atoms with Gasteiger partial charge in [-0.1, -0.05) is 11.6 Å².